The molecule has 2 saturated heterocycles. The summed E-state index contributed by atoms with van der Waals surface area (Å²) >= 11 is 0. The fraction of sp³-hybridized carbons (Fsp3) is 0.706. The second-order valence-electron chi connectivity index (χ2n) is 6.98. The molecule has 3 heterocycles. The third kappa shape index (κ3) is 4.79. The normalized spacial score (nSPS) is 22.2. The second kappa shape index (κ2) is 7.97. The highest BCUT2D eigenvalue weighted by Gasteiger charge is 2.24. The number of aromatic amines is 1. The quantitative estimate of drug-likeness (QED) is 0.754. The molecular formula is C17H26N4O4. The number of rotatable bonds is 5. The molecule has 2 aliphatic heterocycles. The summed E-state index contributed by atoms with van der Waals surface area (Å²) in [5.74, 6) is -0.203. The maximum absolute atomic E-state index is 12.2. The first kappa shape index (κ1) is 17.9. The van der Waals surface area contributed by atoms with Gasteiger partial charge in [-0.2, -0.15) is 0 Å². The number of piperidine rings is 1. The number of carbonyl (C=O) groups excluding carboxylic acids is 1. The van der Waals surface area contributed by atoms with Gasteiger partial charge in [0, 0.05) is 44.0 Å². The minimum absolute atomic E-state index is 0.0768. The summed E-state index contributed by atoms with van der Waals surface area (Å²) in [6.45, 7) is 5.28. The van der Waals surface area contributed by atoms with Crippen molar-refractivity contribution < 1.29 is 9.53 Å². The zero-order valence-electron chi connectivity index (χ0n) is 14.6. The molecule has 0 spiro atoms. The van der Waals surface area contributed by atoms with E-state index in [1.54, 1.807) is 6.92 Å². The summed E-state index contributed by atoms with van der Waals surface area (Å²) in [5.41, 5.74) is -0.563. The van der Waals surface area contributed by atoms with E-state index in [1.165, 1.54) is 10.8 Å². The predicted molar refractivity (Wildman–Crippen MR) is 92.6 cm³/mol. The van der Waals surface area contributed by atoms with Crippen molar-refractivity contribution in [2.75, 3.05) is 26.2 Å². The van der Waals surface area contributed by atoms with Gasteiger partial charge in [0.05, 0.1) is 6.10 Å². The van der Waals surface area contributed by atoms with Crippen LogP contribution in [0.15, 0.2) is 15.8 Å². The molecule has 2 N–H and O–H groups in total. The molecule has 0 bridgehead atoms. The van der Waals surface area contributed by atoms with Gasteiger partial charge in [-0.1, -0.05) is 0 Å². The molecular weight excluding hydrogens is 324 g/mol. The van der Waals surface area contributed by atoms with Gasteiger partial charge in [-0.3, -0.25) is 19.1 Å². The molecule has 25 heavy (non-hydrogen) atoms. The molecule has 8 nitrogen and oxygen atoms in total. The van der Waals surface area contributed by atoms with Crippen LogP contribution in [0.2, 0.25) is 0 Å². The van der Waals surface area contributed by atoms with E-state index in [-0.39, 0.29) is 18.5 Å². The van der Waals surface area contributed by atoms with Crippen LogP contribution in [0.5, 0.6) is 0 Å². The molecule has 0 aliphatic carbocycles. The zero-order chi connectivity index (χ0) is 17.8. The predicted octanol–water partition coefficient (Wildman–Crippen LogP) is -0.395. The van der Waals surface area contributed by atoms with Gasteiger partial charge in [-0.25, -0.2) is 4.79 Å². The number of nitrogens with one attached hydrogen (secondary N) is 2. The van der Waals surface area contributed by atoms with Gasteiger partial charge in [0.2, 0.25) is 5.91 Å². The van der Waals surface area contributed by atoms with E-state index >= 15 is 0 Å². The maximum Gasteiger partial charge on any atom is 0.328 e. The topological polar surface area (TPSA) is 96.4 Å². The Kier molecular flexibility index (Phi) is 5.70. The highest BCUT2D eigenvalue weighted by Crippen LogP contribution is 2.16. The lowest BCUT2D eigenvalue weighted by Crippen LogP contribution is -2.47. The summed E-state index contributed by atoms with van der Waals surface area (Å²) < 4.78 is 6.91. The first-order valence-corrected chi connectivity index (χ1v) is 8.95. The van der Waals surface area contributed by atoms with Crippen LogP contribution in [0.4, 0.5) is 0 Å². The number of hydrogen-bond donors (Lipinski definition) is 2. The Morgan fingerprint density at radius 2 is 2.08 bits per heavy atom. The molecule has 0 radical (unpaired) electrons. The summed E-state index contributed by atoms with van der Waals surface area (Å²) in [6.07, 6.45) is 5.88. The van der Waals surface area contributed by atoms with Crippen molar-refractivity contribution in [2.45, 2.75) is 51.3 Å². The molecule has 138 valence electrons. The van der Waals surface area contributed by atoms with Crippen LogP contribution in [-0.4, -0.2) is 58.7 Å². The molecule has 0 aromatic carbocycles. The summed E-state index contributed by atoms with van der Waals surface area (Å²) in [6, 6.07) is 0.132. The van der Waals surface area contributed by atoms with Crippen LogP contribution >= 0.6 is 0 Å². The summed E-state index contributed by atoms with van der Waals surface area (Å²) in [5, 5.41) is 2.99. The molecule has 1 atom stereocenters. The first-order valence-electron chi connectivity index (χ1n) is 8.95. The van der Waals surface area contributed by atoms with Gasteiger partial charge >= 0.3 is 5.69 Å². The first-order chi connectivity index (χ1) is 12.0. The third-order valence-electron chi connectivity index (χ3n) is 4.94. The van der Waals surface area contributed by atoms with E-state index in [4.69, 9.17) is 4.74 Å². The number of carbonyl (C=O) groups is 1. The standard InChI is InChI=1S/C17H26N4O4/c1-12-9-21(17(24)19-16(12)23)11-15(22)18-13-4-6-20(7-5-13)10-14-3-2-8-25-14/h9,13-14H,2-8,10-11H2,1H3,(H,18,22)(H,19,23,24). The van der Waals surface area contributed by atoms with Gasteiger partial charge in [-0.15, -0.1) is 0 Å². The van der Waals surface area contributed by atoms with Crippen LogP contribution in [0, 0.1) is 6.92 Å². The smallest absolute Gasteiger partial charge is 0.328 e. The Morgan fingerprint density at radius 1 is 1.32 bits per heavy atom. The van der Waals surface area contributed by atoms with E-state index in [0.29, 0.717) is 11.7 Å². The van der Waals surface area contributed by atoms with E-state index in [9.17, 15) is 14.4 Å². The number of aromatic nitrogens is 2. The van der Waals surface area contributed by atoms with Crippen LogP contribution < -0.4 is 16.6 Å². The lowest BCUT2D eigenvalue weighted by atomic mass is 10.0. The SMILES string of the molecule is Cc1cn(CC(=O)NC2CCN(CC3CCCO3)CC2)c(=O)[nH]c1=O. The average molecular weight is 350 g/mol. The number of H-pyrrole nitrogens is 1. The Balaban J connectivity index is 1.45. The van der Waals surface area contributed by atoms with Crippen molar-refractivity contribution >= 4 is 5.91 Å². The van der Waals surface area contributed by atoms with Crippen molar-refractivity contribution in [2.24, 2.45) is 0 Å². The molecule has 2 aliphatic rings. The zero-order valence-corrected chi connectivity index (χ0v) is 14.6. The highest BCUT2D eigenvalue weighted by molar-refractivity contribution is 5.76. The average Bonchev–Trinajstić information content (AvgIpc) is 3.07. The molecule has 3 rings (SSSR count). The lowest BCUT2D eigenvalue weighted by molar-refractivity contribution is -0.122. The number of aryl methyl sites for hydroxylation is 1. The minimum Gasteiger partial charge on any atom is -0.377 e. The third-order valence-corrected chi connectivity index (χ3v) is 4.94. The van der Waals surface area contributed by atoms with E-state index in [1.807, 2.05) is 0 Å². The lowest BCUT2D eigenvalue weighted by Gasteiger charge is -2.33. The molecule has 1 aromatic heterocycles. The van der Waals surface area contributed by atoms with E-state index in [0.717, 1.165) is 51.9 Å². The Morgan fingerprint density at radius 3 is 2.76 bits per heavy atom. The number of amides is 1. The Bertz CT molecular complexity index is 712. The van der Waals surface area contributed by atoms with Gasteiger partial charge < -0.3 is 15.0 Å². The fourth-order valence-electron chi connectivity index (χ4n) is 3.50. The van der Waals surface area contributed by atoms with Crippen molar-refractivity contribution in [3.8, 4) is 0 Å². The number of nitrogens with zero attached hydrogens (tertiary/aromatic N) is 2. The monoisotopic (exact) mass is 350 g/mol. The Hall–Kier alpha value is -1.93. The maximum atomic E-state index is 12.2. The number of hydrogen-bond acceptors (Lipinski definition) is 5. The summed E-state index contributed by atoms with van der Waals surface area (Å²) in [7, 11) is 0. The second-order valence-corrected chi connectivity index (χ2v) is 6.98. The van der Waals surface area contributed by atoms with Gasteiger partial charge in [0.25, 0.3) is 5.56 Å². The van der Waals surface area contributed by atoms with Crippen LogP contribution in [0.1, 0.15) is 31.2 Å². The number of likely N-dealkylation sites (tertiary alicyclic amines) is 1. The molecule has 1 aromatic rings. The summed E-state index contributed by atoms with van der Waals surface area (Å²) in [4.78, 5) is 39.9. The van der Waals surface area contributed by atoms with Gasteiger partial charge in [-0.05, 0) is 32.6 Å². The van der Waals surface area contributed by atoms with Gasteiger partial charge in [0.15, 0.2) is 0 Å². The van der Waals surface area contributed by atoms with Crippen molar-refractivity contribution in [1.29, 1.82) is 0 Å². The molecule has 1 amide bonds. The molecule has 1 unspecified atom stereocenters. The van der Waals surface area contributed by atoms with Crippen molar-refractivity contribution in [1.82, 2.24) is 19.8 Å². The van der Waals surface area contributed by atoms with Crippen LogP contribution in [-0.2, 0) is 16.1 Å². The molecule has 8 heteroatoms. The Labute approximate surface area is 146 Å². The minimum atomic E-state index is -0.558. The highest BCUT2D eigenvalue weighted by atomic mass is 16.5. The van der Waals surface area contributed by atoms with Crippen molar-refractivity contribution in [3.05, 3.63) is 32.6 Å². The van der Waals surface area contributed by atoms with Gasteiger partial charge in [0.1, 0.15) is 6.54 Å². The van der Waals surface area contributed by atoms with Crippen LogP contribution in [0.25, 0.3) is 0 Å². The van der Waals surface area contributed by atoms with Crippen LogP contribution in [0.3, 0.4) is 0 Å². The van der Waals surface area contributed by atoms with Crippen molar-refractivity contribution in [3.63, 3.8) is 0 Å². The number of ether oxygens (including phenoxy) is 1. The molecule has 2 fully saturated rings. The largest absolute Gasteiger partial charge is 0.377 e. The fourth-order valence-corrected chi connectivity index (χ4v) is 3.50. The van der Waals surface area contributed by atoms with E-state index < -0.39 is 11.2 Å². The van der Waals surface area contributed by atoms with E-state index in [2.05, 4.69) is 15.2 Å². The molecule has 0 saturated carbocycles.